The Balaban J connectivity index is 1.61. The van der Waals surface area contributed by atoms with Crippen molar-refractivity contribution in [2.75, 3.05) is 36.4 Å². The van der Waals surface area contributed by atoms with Crippen LogP contribution in [0, 0.1) is 12.8 Å². The number of hydrogen-bond acceptors (Lipinski definition) is 3. The number of anilines is 2. The minimum Gasteiger partial charge on any atom is -0.367 e. The number of nitrogens with one attached hydrogen (secondary N) is 1. The van der Waals surface area contributed by atoms with Gasteiger partial charge in [-0.05, 0) is 43.2 Å². The van der Waals surface area contributed by atoms with E-state index in [2.05, 4.69) is 24.1 Å². The zero-order valence-corrected chi connectivity index (χ0v) is 18.0. The van der Waals surface area contributed by atoms with Gasteiger partial charge < -0.3 is 15.1 Å². The van der Waals surface area contributed by atoms with E-state index in [0.29, 0.717) is 41.7 Å². The summed E-state index contributed by atoms with van der Waals surface area (Å²) in [4.78, 5) is 28.8. The Morgan fingerprint density at radius 3 is 2.41 bits per heavy atom. The van der Waals surface area contributed by atoms with E-state index in [1.54, 1.807) is 12.1 Å². The van der Waals surface area contributed by atoms with Crippen molar-refractivity contribution >= 4 is 34.8 Å². The van der Waals surface area contributed by atoms with Crippen LogP contribution in [0.15, 0.2) is 42.5 Å². The summed E-state index contributed by atoms with van der Waals surface area (Å²) in [6.07, 6.45) is 0.593. The van der Waals surface area contributed by atoms with Crippen LogP contribution in [-0.4, -0.2) is 42.9 Å². The molecule has 2 aromatic carbocycles. The van der Waals surface area contributed by atoms with Crippen molar-refractivity contribution in [2.45, 2.75) is 27.2 Å². The number of piperazine rings is 1. The van der Waals surface area contributed by atoms with Crippen molar-refractivity contribution in [3.63, 3.8) is 0 Å². The standard InChI is InChI=1S/C23H28ClN3O2/c1-16(2)13-22(28)27-11-9-26(10-12-27)21-8-7-19(15-20(21)24)25-23(29)18-6-4-5-17(3)14-18/h4-8,14-16H,9-13H2,1-3H3,(H,25,29). The van der Waals surface area contributed by atoms with Crippen molar-refractivity contribution in [1.82, 2.24) is 4.90 Å². The van der Waals surface area contributed by atoms with E-state index in [-0.39, 0.29) is 11.8 Å². The first kappa shape index (κ1) is 21.2. The van der Waals surface area contributed by atoms with Crippen molar-refractivity contribution in [3.8, 4) is 0 Å². The molecule has 1 fully saturated rings. The molecule has 3 rings (SSSR count). The highest BCUT2D eigenvalue weighted by atomic mass is 35.5. The Morgan fingerprint density at radius 2 is 1.79 bits per heavy atom. The molecule has 154 valence electrons. The molecule has 2 aromatic rings. The fraction of sp³-hybridized carbons (Fsp3) is 0.391. The van der Waals surface area contributed by atoms with Crippen LogP contribution in [-0.2, 0) is 4.79 Å². The number of amides is 2. The molecule has 1 aliphatic heterocycles. The number of nitrogens with zero attached hydrogens (tertiary/aromatic N) is 2. The average molecular weight is 414 g/mol. The highest BCUT2D eigenvalue weighted by Gasteiger charge is 2.23. The van der Waals surface area contributed by atoms with Gasteiger partial charge in [-0.15, -0.1) is 0 Å². The van der Waals surface area contributed by atoms with Gasteiger partial charge in [0.2, 0.25) is 5.91 Å². The third-order valence-electron chi connectivity index (χ3n) is 5.04. The highest BCUT2D eigenvalue weighted by Crippen LogP contribution is 2.30. The molecule has 0 unspecified atom stereocenters. The molecule has 5 nitrogen and oxygen atoms in total. The molecule has 29 heavy (non-hydrogen) atoms. The van der Waals surface area contributed by atoms with Crippen molar-refractivity contribution < 1.29 is 9.59 Å². The fourth-order valence-corrected chi connectivity index (χ4v) is 3.81. The van der Waals surface area contributed by atoms with E-state index in [0.717, 1.165) is 24.3 Å². The summed E-state index contributed by atoms with van der Waals surface area (Å²) in [5, 5.41) is 3.49. The summed E-state index contributed by atoms with van der Waals surface area (Å²) in [5.41, 5.74) is 3.25. The van der Waals surface area contributed by atoms with Crippen LogP contribution in [0.4, 0.5) is 11.4 Å². The van der Waals surface area contributed by atoms with Gasteiger partial charge in [0.15, 0.2) is 0 Å². The lowest BCUT2D eigenvalue weighted by molar-refractivity contribution is -0.132. The smallest absolute Gasteiger partial charge is 0.255 e. The number of hydrogen-bond donors (Lipinski definition) is 1. The van der Waals surface area contributed by atoms with E-state index in [4.69, 9.17) is 11.6 Å². The molecule has 1 heterocycles. The van der Waals surface area contributed by atoms with Crippen LogP contribution < -0.4 is 10.2 Å². The van der Waals surface area contributed by atoms with Crippen LogP contribution in [0.3, 0.4) is 0 Å². The quantitative estimate of drug-likeness (QED) is 0.779. The van der Waals surface area contributed by atoms with E-state index in [9.17, 15) is 9.59 Å². The van der Waals surface area contributed by atoms with Crippen LogP contribution in [0.1, 0.15) is 36.2 Å². The molecule has 6 heteroatoms. The molecule has 0 aliphatic carbocycles. The Bertz CT molecular complexity index is 889. The average Bonchev–Trinajstić information content (AvgIpc) is 2.68. The normalized spacial score (nSPS) is 14.2. The van der Waals surface area contributed by atoms with E-state index >= 15 is 0 Å². The number of carbonyl (C=O) groups is 2. The van der Waals surface area contributed by atoms with Crippen LogP contribution in [0.25, 0.3) is 0 Å². The monoisotopic (exact) mass is 413 g/mol. The van der Waals surface area contributed by atoms with Gasteiger partial charge in [-0.2, -0.15) is 0 Å². The van der Waals surface area contributed by atoms with Gasteiger partial charge in [-0.1, -0.05) is 43.1 Å². The van der Waals surface area contributed by atoms with Gasteiger partial charge in [-0.25, -0.2) is 0 Å². The third kappa shape index (κ3) is 5.51. The van der Waals surface area contributed by atoms with E-state index in [1.165, 1.54) is 0 Å². The Kier molecular flexibility index (Phi) is 6.80. The number of aryl methyl sites for hydroxylation is 1. The zero-order chi connectivity index (χ0) is 21.0. The molecular formula is C23H28ClN3O2. The maximum atomic E-state index is 12.4. The molecule has 0 saturated carbocycles. The maximum absolute atomic E-state index is 12.4. The molecule has 1 N–H and O–H groups in total. The predicted molar refractivity (Wildman–Crippen MR) is 119 cm³/mol. The van der Waals surface area contributed by atoms with Crippen LogP contribution in [0.2, 0.25) is 5.02 Å². The number of carbonyl (C=O) groups excluding carboxylic acids is 2. The second-order valence-corrected chi connectivity index (χ2v) is 8.36. The van der Waals surface area contributed by atoms with Crippen LogP contribution in [0.5, 0.6) is 0 Å². The molecule has 1 aliphatic rings. The second-order valence-electron chi connectivity index (χ2n) is 7.96. The minimum absolute atomic E-state index is 0.158. The highest BCUT2D eigenvalue weighted by molar-refractivity contribution is 6.33. The Hall–Kier alpha value is -2.53. The topological polar surface area (TPSA) is 52.7 Å². The van der Waals surface area contributed by atoms with E-state index < -0.39 is 0 Å². The second kappa shape index (κ2) is 9.31. The van der Waals surface area contributed by atoms with Gasteiger partial charge in [0, 0.05) is 43.9 Å². The SMILES string of the molecule is Cc1cccc(C(=O)Nc2ccc(N3CCN(C(=O)CC(C)C)CC3)c(Cl)c2)c1. The molecule has 0 bridgehead atoms. The first-order chi connectivity index (χ1) is 13.8. The summed E-state index contributed by atoms with van der Waals surface area (Å²) < 4.78 is 0. The molecule has 0 radical (unpaired) electrons. The van der Waals surface area contributed by atoms with Gasteiger partial charge in [-0.3, -0.25) is 9.59 Å². The summed E-state index contributed by atoms with van der Waals surface area (Å²) in [5.74, 6) is 0.437. The number of benzene rings is 2. The lowest BCUT2D eigenvalue weighted by atomic mass is 10.1. The molecule has 2 amide bonds. The van der Waals surface area contributed by atoms with Crippen molar-refractivity contribution in [3.05, 3.63) is 58.6 Å². The molecule has 1 saturated heterocycles. The zero-order valence-electron chi connectivity index (χ0n) is 17.2. The fourth-order valence-electron chi connectivity index (χ4n) is 3.51. The van der Waals surface area contributed by atoms with Gasteiger partial charge in [0.25, 0.3) is 5.91 Å². The molecule has 0 spiro atoms. The molecule has 0 atom stereocenters. The Morgan fingerprint density at radius 1 is 1.07 bits per heavy atom. The number of rotatable bonds is 5. The van der Waals surface area contributed by atoms with Gasteiger partial charge >= 0.3 is 0 Å². The largest absolute Gasteiger partial charge is 0.367 e. The lowest BCUT2D eigenvalue weighted by Gasteiger charge is -2.36. The van der Waals surface area contributed by atoms with Crippen molar-refractivity contribution in [1.29, 1.82) is 0 Å². The summed E-state index contributed by atoms with van der Waals surface area (Å²) in [6, 6.07) is 13.0. The molecular weight excluding hydrogens is 386 g/mol. The first-order valence-corrected chi connectivity index (χ1v) is 10.4. The first-order valence-electron chi connectivity index (χ1n) is 10.0. The Labute approximate surface area is 177 Å². The van der Waals surface area contributed by atoms with Crippen LogP contribution >= 0.6 is 11.6 Å². The summed E-state index contributed by atoms with van der Waals surface area (Å²) >= 11 is 6.51. The van der Waals surface area contributed by atoms with Gasteiger partial charge in [0.1, 0.15) is 0 Å². The minimum atomic E-state index is -0.158. The maximum Gasteiger partial charge on any atom is 0.255 e. The summed E-state index contributed by atoms with van der Waals surface area (Å²) in [6.45, 7) is 8.98. The predicted octanol–water partition coefficient (Wildman–Crippen LogP) is 4.60. The number of halogens is 1. The van der Waals surface area contributed by atoms with Crippen molar-refractivity contribution in [2.24, 2.45) is 5.92 Å². The van der Waals surface area contributed by atoms with Gasteiger partial charge in [0.05, 0.1) is 10.7 Å². The molecule has 0 aromatic heterocycles. The third-order valence-corrected chi connectivity index (χ3v) is 5.34. The lowest BCUT2D eigenvalue weighted by Crippen LogP contribution is -2.49. The summed E-state index contributed by atoms with van der Waals surface area (Å²) in [7, 11) is 0. The van der Waals surface area contributed by atoms with E-state index in [1.807, 2.05) is 42.2 Å².